The lowest BCUT2D eigenvalue weighted by Crippen LogP contribution is -2.42. The summed E-state index contributed by atoms with van der Waals surface area (Å²) in [5.41, 5.74) is 6.05. The first kappa shape index (κ1) is 20.2. The van der Waals surface area contributed by atoms with Gasteiger partial charge in [0.15, 0.2) is 5.75 Å². The van der Waals surface area contributed by atoms with Crippen LogP contribution in [-0.2, 0) is 0 Å². The van der Waals surface area contributed by atoms with Gasteiger partial charge in [-0.05, 0) is 44.7 Å². The molecule has 1 atom stereocenters. The Hall–Kier alpha value is -1.86. The van der Waals surface area contributed by atoms with E-state index >= 15 is 0 Å². The highest BCUT2D eigenvalue weighted by atomic mass is 35.5. The van der Waals surface area contributed by atoms with Crippen molar-refractivity contribution in [1.82, 2.24) is 4.90 Å². The summed E-state index contributed by atoms with van der Waals surface area (Å²) >= 11 is 0. The van der Waals surface area contributed by atoms with Gasteiger partial charge >= 0.3 is 5.69 Å². The summed E-state index contributed by atoms with van der Waals surface area (Å²) in [6, 6.07) is 4.49. The fraction of sp³-hybridized carbons (Fsp3) is 0.562. The molecule has 8 heteroatoms. The molecule has 0 aliphatic carbocycles. The standard InChI is InChI=1S/C16H23N3O4.ClH/c1-3-23-15-5-4-13(10-14(15)19(21)22)16(20)18-8-6-12(7-9-18)11(2)17;/h4-5,10-12H,3,6-9,17H2,1-2H3;1H. The molecule has 1 unspecified atom stereocenters. The van der Waals surface area contributed by atoms with E-state index in [1.54, 1.807) is 17.9 Å². The van der Waals surface area contributed by atoms with Gasteiger partial charge in [0, 0.05) is 30.8 Å². The minimum Gasteiger partial charge on any atom is -0.487 e. The fourth-order valence-corrected chi connectivity index (χ4v) is 2.88. The van der Waals surface area contributed by atoms with Crippen LogP contribution in [0, 0.1) is 16.0 Å². The number of ether oxygens (including phenoxy) is 1. The Labute approximate surface area is 147 Å². The molecule has 0 radical (unpaired) electrons. The van der Waals surface area contributed by atoms with Gasteiger partial charge in [-0.2, -0.15) is 0 Å². The van der Waals surface area contributed by atoms with Gasteiger partial charge < -0.3 is 15.4 Å². The lowest BCUT2D eigenvalue weighted by molar-refractivity contribution is -0.385. The maximum atomic E-state index is 12.6. The Morgan fingerprint density at radius 3 is 2.58 bits per heavy atom. The van der Waals surface area contributed by atoms with Crippen molar-refractivity contribution in [2.45, 2.75) is 32.7 Å². The van der Waals surface area contributed by atoms with E-state index in [0.29, 0.717) is 31.2 Å². The maximum absolute atomic E-state index is 12.6. The van der Waals surface area contributed by atoms with Crippen molar-refractivity contribution < 1.29 is 14.5 Å². The van der Waals surface area contributed by atoms with Crippen molar-refractivity contribution in [3.05, 3.63) is 33.9 Å². The minimum absolute atomic E-state index is 0. The van der Waals surface area contributed by atoms with Gasteiger partial charge in [0.1, 0.15) is 0 Å². The molecule has 1 saturated heterocycles. The van der Waals surface area contributed by atoms with Gasteiger partial charge in [-0.1, -0.05) is 0 Å². The fourth-order valence-electron chi connectivity index (χ4n) is 2.88. The van der Waals surface area contributed by atoms with Crippen LogP contribution in [-0.4, -0.2) is 41.5 Å². The van der Waals surface area contributed by atoms with E-state index in [9.17, 15) is 14.9 Å². The molecule has 1 heterocycles. The third-order valence-corrected chi connectivity index (χ3v) is 4.27. The van der Waals surface area contributed by atoms with E-state index < -0.39 is 4.92 Å². The number of nitro benzene ring substituents is 1. The summed E-state index contributed by atoms with van der Waals surface area (Å²) in [4.78, 5) is 24.9. The van der Waals surface area contributed by atoms with E-state index in [2.05, 4.69) is 0 Å². The van der Waals surface area contributed by atoms with Crippen LogP contribution >= 0.6 is 12.4 Å². The number of nitrogens with zero attached hydrogens (tertiary/aromatic N) is 2. The first-order valence-corrected chi connectivity index (χ1v) is 7.90. The van der Waals surface area contributed by atoms with Crippen molar-refractivity contribution in [3.63, 3.8) is 0 Å². The Bertz CT molecular complexity index is 587. The zero-order chi connectivity index (χ0) is 17.0. The summed E-state index contributed by atoms with van der Waals surface area (Å²) < 4.78 is 5.24. The predicted octanol–water partition coefficient (Wildman–Crippen LogP) is 2.61. The molecule has 134 valence electrons. The van der Waals surface area contributed by atoms with Crippen molar-refractivity contribution in [2.75, 3.05) is 19.7 Å². The first-order valence-electron chi connectivity index (χ1n) is 7.90. The second-order valence-electron chi connectivity index (χ2n) is 5.86. The average molecular weight is 358 g/mol. The van der Waals surface area contributed by atoms with Gasteiger partial charge in [-0.15, -0.1) is 12.4 Å². The van der Waals surface area contributed by atoms with Crippen molar-refractivity contribution in [2.24, 2.45) is 11.7 Å². The molecular formula is C16H24ClN3O4. The largest absolute Gasteiger partial charge is 0.487 e. The zero-order valence-corrected chi connectivity index (χ0v) is 14.8. The molecule has 1 aliphatic rings. The Kier molecular flexibility index (Phi) is 7.44. The molecular weight excluding hydrogens is 334 g/mol. The summed E-state index contributed by atoms with van der Waals surface area (Å²) in [6.07, 6.45) is 1.73. The monoisotopic (exact) mass is 357 g/mol. The Morgan fingerprint density at radius 2 is 2.08 bits per heavy atom. The van der Waals surface area contributed by atoms with Crippen molar-refractivity contribution in [3.8, 4) is 5.75 Å². The number of hydrogen-bond donors (Lipinski definition) is 1. The maximum Gasteiger partial charge on any atom is 0.311 e. The smallest absolute Gasteiger partial charge is 0.311 e. The number of carbonyl (C=O) groups is 1. The van der Waals surface area contributed by atoms with Crippen LogP contribution in [0.15, 0.2) is 18.2 Å². The van der Waals surface area contributed by atoms with Crippen LogP contribution in [0.5, 0.6) is 5.75 Å². The summed E-state index contributed by atoms with van der Waals surface area (Å²) in [6.45, 7) is 5.33. The van der Waals surface area contributed by atoms with Crippen molar-refractivity contribution >= 4 is 24.0 Å². The van der Waals surface area contributed by atoms with Gasteiger partial charge in [0.25, 0.3) is 5.91 Å². The third-order valence-electron chi connectivity index (χ3n) is 4.27. The number of benzene rings is 1. The molecule has 7 nitrogen and oxygen atoms in total. The Morgan fingerprint density at radius 1 is 1.46 bits per heavy atom. The highest BCUT2D eigenvalue weighted by Gasteiger charge is 2.27. The van der Waals surface area contributed by atoms with Crippen LogP contribution in [0.4, 0.5) is 5.69 Å². The van der Waals surface area contributed by atoms with E-state index in [0.717, 1.165) is 12.8 Å². The molecule has 2 N–H and O–H groups in total. The second-order valence-corrected chi connectivity index (χ2v) is 5.86. The molecule has 0 saturated carbocycles. The summed E-state index contributed by atoms with van der Waals surface area (Å²) in [7, 11) is 0. The van der Waals surface area contributed by atoms with Crippen LogP contribution in [0.3, 0.4) is 0 Å². The van der Waals surface area contributed by atoms with Crippen LogP contribution in [0.1, 0.15) is 37.0 Å². The molecule has 24 heavy (non-hydrogen) atoms. The van der Waals surface area contributed by atoms with Gasteiger partial charge in [0.2, 0.25) is 0 Å². The third kappa shape index (κ3) is 4.58. The summed E-state index contributed by atoms with van der Waals surface area (Å²) in [5.74, 6) is 0.428. The lowest BCUT2D eigenvalue weighted by Gasteiger charge is -2.33. The van der Waals surface area contributed by atoms with Crippen LogP contribution in [0.2, 0.25) is 0 Å². The van der Waals surface area contributed by atoms with E-state index in [1.165, 1.54) is 12.1 Å². The molecule has 1 aliphatic heterocycles. The van der Waals surface area contributed by atoms with Gasteiger partial charge in [0.05, 0.1) is 11.5 Å². The van der Waals surface area contributed by atoms with E-state index in [1.807, 2.05) is 6.92 Å². The molecule has 0 spiro atoms. The molecule has 0 bridgehead atoms. The molecule has 1 fully saturated rings. The highest BCUT2D eigenvalue weighted by molar-refractivity contribution is 5.95. The highest BCUT2D eigenvalue weighted by Crippen LogP contribution is 2.29. The number of piperidine rings is 1. The molecule has 1 aromatic rings. The Balaban J connectivity index is 0.00000288. The second kappa shape index (κ2) is 8.84. The van der Waals surface area contributed by atoms with E-state index in [-0.39, 0.29) is 35.8 Å². The van der Waals surface area contributed by atoms with Crippen LogP contribution in [0.25, 0.3) is 0 Å². The molecule has 1 amide bonds. The molecule has 2 rings (SSSR count). The van der Waals surface area contributed by atoms with Crippen molar-refractivity contribution in [1.29, 1.82) is 0 Å². The number of carbonyl (C=O) groups excluding carboxylic acids is 1. The average Bonchev–Trinajstić information content (AvgIpc) is 2.54. The van der Waals surface area contributed by atoms with E-state index in [4.69, 9.17) is 10.5 Å². The normalized spacial score (nSPS) is 16.2. The number of hydrogen-bond acceptors (Lipinski definition) is 5. The SMILES string of the molecule is CCOc1ccc(C(=O)N2CCC(C(C)N)CC2)cc1[N+](=O)[O-].Cl. The van der Waals surface area contributed by atoms with Gasteiger partial charge in [-0.3, -0.25) is 14.9 Å². The number of halogens is 1. The number of nitrogens with two attached hydrogens (primary N) is 1. The number of rotatable bonds is 5. The quantitative estimate of drug-likeness (QED) is 0.645. The topological polar surface area (TPSA) is 98.7 Å². The number of amides is 1. The number of nitro groups is 1. The summed E-state index contributed by atoms with van der Waals surface area (Å²) in [5, 5.41) is 11.2. The predicted molar refractivity (Wildman–Crippen MR) is 93.8 cm³/mol. The van der Waals surface area contributed by atoms with Crippen LogP contribution < -0.4 is 10.5 Å². The molecule has 0 aromatic heterocycles. The lowest BCUT2D eigenvalue weighted by atomic mass is 9.90. The first-order chi connectivity index (χ1) is 10.9. The molecule has 1 aromatic carbocycles. The minimum atomic E-state index is -0.524. The number of likely N-dealkylation sites (tertiary alicyclic amines) is 1. The zero-order valence-electron chi connectivity index (χ0n) is 13.9. The van der Waals surface area contributed by atoms with Gasteiger partial charge in [-0.25, -0.2) is 0 Å².